The van der Waals surface area contributed by atoms with Gasteiger partial charge in [0, 0.05) is 23.1 Å². The first-order chi connectivity index (χ1) is 15.4. The van der Waals surface area contributed by atoms with E-state index in [9.17, 15) is 4.79 Å². The fourth-order valence-corrected chi connectivity index (χ4v) is 4.58. The maximum atomic E-state index is 13.0. The van der Waals surface area contributed by atoms with Gasteiger partial charge in [0.1, 0.15) is 11.3 Å². The lowest BCUT2D eigenvalue weighted by Gasteiger charge is -2.32. The van der Waals surface area contributed by atoms with Gasteiger partial charge in [-0.15, -0.1) is 0 Å². The summed E-state index contributed by atoms with van der Waals surface area (Å²) in [5, 5.41) is 1.39. The van der Waals surface area contributed by atoms with Crippen molar-refractivity contribution in [1.82, 2.24) is 0 Å². The Balaban J connectivity index is 1.61. The van der Waals surface area contributed by atoms with Crippen LogP contribution >= 0.6 is 11.6 Å². The summed E-state index contributed by atoms with van der Waals surface area (Å²) in [6.45, 7) is 7.09. The zero-order valence-electron chi connectivity index (χ0n) is 18.4. The Morgan fingerprint density at radius 3 is 2.53 bits per heavy atom. The molecule has 162 valence electrons. The molecule has 0 N–H and O–H groups in total. The smallest absolute Gasteiger partial charge is 0.340 e. The largest absolute Gasteiger partial charge is 0.471 e. The number of rotatable bonds is 3. The number of anilines is 1. The zero-order valence-corrected chi connectivity index (χ0v) is 19.1. The second kappa shape index (κ2) is 8.03. The number of halogens is 1. The third kappa shape index (κ3) is 3.55. The van der Waals surface area contributed by atoms with Gasteiger partial charge in [-0.1, -0.05) is 48.0 Å². The van der Waals surface area contributed by atoms with Crippen molar-refractivity contribution in [3.8, 4) is 5.75 Å². The van der Waals surface area contributed by atoms with Gasteiger partial charge in [-0.05, 0) is 61.2 Å². The summed E-state index contributed by atoms with van der Waals surface area (Å²) in [6, 6.07) is 18.1. The highest BCUT2D eigenvalue weighted by Gasteiger charge is 2.26. The average molecular weight is 446 g/mol. The molecule has 0 saturated carbocycles. The first-order valence-corrected chi connectivity index (χ1v) is 11.1. The zero-order chi connectivity index (χ0) is 22.4. The number of fused-ring (bicyclic) bond motifs is 3. The van der Waals surface area contributed by atoms with Crippen LogP contribution in [0.2, 0.25) is 5.02 Å². The van der Waals surface area contributed by atoms with Crippen molar-refractivity contribution in [3.63, 3.8) is 0 Å². The van der Waals surface area contributed by atoms with Crippen LogP contribution in [0.25, 0.3) is 11.0 Å². The van der Waals surface area contributed by atoms with Crippen LogP contribution in [0, 0.1) is 20.8 Å². The molecule has 0 radical (unpaired) electrons. The molecule has 1 aromatic heterocycles. The van der Waals surface area contributed by atoms with Crippen LogP contribution in [0.15, 0.2) is 63.8 Å². The van der Waals surface area contributed by atoms with Gasteiger partial charge >= 0.3 is 5.63 Å². The molecule has 5 rings (SSSR count). The molecular weight excluding hydrogens is 422 g/mol. The lowest BCUT2D eigenvalue weighted by atomic mass is 9.97. The quantitative estimate of drug-likeness (QED) is 0.346. The summed E-state index contributed by atoms with van der Waals surface area (Å²) in [5.74, 6) is 0.595. The summed E-state index contributed by atoms with van der Waals surface area (Å²) in [6.07, 6.45) is 0.519. The maximum Gasteiger partial charge on any atom is 0.340 e. The van der Waals surface area contributed by atoms with Crippen molar-refractivity contribution in [2.45, 2.75) is 33.7 Å². The van der Waals surface area contributed by atoms with E-state index in [2.05, 4.69) is 36.9 Å². The minimum Gasteiger partial charge on any atom is -0.471 e. The van der Waals surface area contributed by atoms with E-state index in [4.69, 9.17) is 20.8 Å². The van der Waals surface area contributed by atoms with Gasteiger partial charge in [-0.3, -0.25) is 0 Å². The second-order valence-electron chi connectivity index (χ2n) is 8.44. The number of hydrogen-bond donors (Lipinski definition) is 0. The molecule has 0 spiro atoms. The van der Waals surface area contributed by atoms with Crippen LogP contribution in [0.3, 0.4) is 0 Å². The predicted octanol–water partition coefficient (Wildman–Crippen LogP) is 6.32. The molecular formula is C27H24ClNO3. The van der Waals surface area contributed by atoms with E-state index in [0.29, 0.717) is 41.6 Å². The highest BCUT2D eigenvalue weighted by atomic mass is 35.5. The van der Waals surface area contributed by atoms with Gasteiger partial charge < -0.3 is 14.1 Å². The van der Waals surface area contributed by atoms with Crippen molar-refractivity contribution in [2.24, 2.45) is 0 Å². The van der Waals surface area contributed by atoms with Crippen LogP contribution in [-0.2, 0) is 13.0 Å². The van der Waals surface area contributed by atoms with Crippen molar-refractivity contribution in [3.05, 3.63) is 103 Å². The summed E-state index contributed by atoms with van der Waals surface area (Å²) < 4.78 is 11.9. The Hall–Kier alpha value is -3.24. The van der Waals surface area contributed by atoms with Gasteiger partial charge in [-0.25, -0.2) is 4.79 Å². The number of nitrogens with zero attached hydrogens (tertiary/aromatic N) is 1. The van der Waals surface area contributed by atoms with Crippen molar-refractivity contribution in [1.29, 1.82) is 0 Å². The van der Waals surface area contributed by atoms with E-state index in [0.717, 1.165) is 27.8 Å². The standard InChI is InChI=1S/C27H24ClNO3/c1-16-9-10-20(11-17(16)2)29-14-23-25-21(13-24(28)26(23)31-15-29)18(3)22(27(30)32-25)12-19-7-5-4-6-8-19/h4-11,13H,12,14-15H2,1-3H3. The van der Waals surface area contributed by atoms with E-state index in [1.54, 1.807) is 0 Å². The Morgan fingerprint density at radius 1 is 1.00 bits per heavy atom. The first-order valence-electron chi connectivity index (χ1n) is 10.7. The van der Waals surface area contributed by atoms with Gasteiger partial charge in [0.2, 0.25) is 0 Å². The molecule has 5 heteroatoms. The normalized spacial score (nSPS) is 13.2. The molecule has 0 atom stereocenters. The topological polar surface area (TPSA) is 42.7 Å². The summed E-state index contributed by atoms with van der Waals surface area (Å²) in [5.41, 5.74) is 7.19. The predicted molar refractivity (Wildman–Crippen MR) is 129 cm³/mol. The number of aryl methyl sites for hydroxylation is 3. The highest BCUT2D eigenvalue weighted by Crippen LogP contribution is 2.40. The van der Waals surface area contributed by atoms with Gasteiger partial charge in [-0.2, -0.15) is 0 Å². The average Bonchev–Trinajstić information content (AvgIpc) is 2.80. The number of ether oxygens (including phenoxy) is 1. The molecule has 0 unspecified atom stereocenters. The van der Waals surface area contributed by atoms with Crippen molar-refractivity contribution in [2.75, 3.05) is 11.6 Å². The van der Waals surface area contributed by atoms with Crippen LogP contribution in [0.4, 0.5) is 5.69 Å². The van der Waals surface area contributed by atoms with E-state index in [1.807, 2.05) is 43.3 Å². The molecule has 2 heterocycles. The molecule has 0 saturated heterocycles. The van der Waals surface area contributed by atoms with E-state index in [1.165, 1.54) is 11.1 Å². The van der Waals surface area contributed by atoms with E-state index < -0.39 is 0 Å². The lowest BCUT2D eigenvalue weighted by molar-refractivity contribution is 0.289. The summed E-state index contributed by atoms with van der Waals surface area (Å²) in [7, 11) is 0. The fourth-order valence-electron chi connectivity index (χ4n) is 4.30. The third-order valence-electron chi connectivity index (χ3n) is 6.37. The Kier molecular flexibility index (Phi) is 5.18. The van der Waals surface area contributed by atoms with Gasteiger partial charge in [0.05, 0.1) is 17.1 Å². The number of benzene rings is 3. The maximum absolute atomic E-state index is 13.0. The minimum atomic E-state index is -0.313. The molecule has 0 aliphatic carbocycles. The third-order valence-corrected chi connectivity index (χ3v) is 6.65. The molecule has 0 fully saturated rings. The Labute approximate surface area is 192 Å². The molecule has 4 nitrogen and oxygen atoms in total. The Bertz CT molecular complexity index is 1390. The minimum absolute atomic E-state index is 0.313. The van der Waals surface area contributed by atoms with E-state index >= 15 is 0 Å². The van der Waals surface area contributed by atoms with Crippen LogP contribution < -0.4 is 15.3 Å². The van der Waals surface area contributed by atoms with Crippen LogP contribution in [0.5, 0.6) is 5.75 Å². The number of hydrogen-bond acceptors (Lipinski definition) is 4. The molecule has 3 aromatic carbocycles. The molecule has 0 bridgehead atoms. The van der Waals surface area contributed by atoms with Crippen LogP contribution in [-0.4, -0.2) is 6.73 Å². The molecule has 0 amide bonds. The highest BCUT2D eigenvalue weighted by molar-refractivity contribution is 6.33. The summed E-state index contributed by atoms with van der Waals surface area (Å²) in [4.78, 5) is 15.1. The lowest BCUT2D eigenvalue weighted by Crippen LogP contribution is -2.32. The molecule has 32 heavy (non-hydrogen) atoms. The Morgan fingerprint density at radius 2 is 1.78 bits per heavy atom. The molecule has 4 aromatic rings. The first kappa shape index (κ1) is 20.7. The van der Waals surface area contributed by atoms with Crippen LogP contribution in [0.1, 0.15) is 33.4 Å². The second-order valence-corrected chi connectivity index (χ2v) is 8.85. The fraction of sp³-hybridized carbons (Fsp3) is 0.222. The van der Waals surface area contributed by atoms with Gasteiger partial charge in [0.25, 0.3) is 0 Å². The monoisotopic (exact) mass is 445 g/mol. The molecule has 1 aliphatic rings. The summed E-state index contributed by atoms with van der Waals surface area (Å²) >= 11 is 6.62. The van der Waals surface area contributed by atoms with Crippen molar-refractivity contribution >= 4 is 28.3 Å². The van der Waals surface area contributed by atoms with Crippen molar-refractivity contribution < 1.29 is 9.15 Å². The molecule has 1 aliphatic heterocycles. The van der Waals surface area contributed by atoms with Gasteiger partial charge in [0.15, 0.2) is 6.73 Å². The SMILES string of the molecule is Cc1ccc(N2COc3c(Cl)cc4c(C)c(Cc5ccccc5)c(=O)oc4c3C2)cc1C. The van der Waals surface area contributed by atoms with E-state index in [-0.39, 0.29) is 5.63 Å².